The molecule has 0 aromatic heterocycles. The molecule has 174 valence electrons. The molecular weight excluding hydrogens is 402 g/mol. The number of rotatable bonds is 9. The Morgan fingerprint density at radius 3 is 2.34 bits per heavy atom. The zero-order chi connectivity index (χ0) is 22.8. The topological polar surface area (TPSA) is 61.4 Å². The molecule has 1 heterocycles. The van der Waals surface area contributed by atoms with Gasteiger partial charge in [0.15, 0.2) is 5.96 Å². The van der Waals surface area contributed by atoms with Crippen molar-refractivity contribution in [3.63, 3.8) is 0 Å². The van der Waals surface area contributed by atoms with Gasteiger partial charge in [-0.1, -0.05) is 24.3 Å². The highest BCUT2D eigenvalue weighted by molar-refractivity contribution is 5.79. The number of anilines is 1. The largest absolute Gasteiger partial charge is 0.497 e. The van der Waals surface area contributed by atoms with E-state index in [1.807, 2.05) is 19.2 Å². The third-order valence-electron chi connectivity index (χ3n) is 5.83. The molecule has 7 heteroatoms. The van der Waals surface area contributed by atoms with Gasteiger partial charge in [-0.05, 0) is 41.8 Å². The highest BCUT2D eigenvalue weighted by Crippen LogP contribution is 2.23. The molecule has 1 aliphatic rings. The van der Waals surface area contributed by atoms with Gasteiger partial charge in [0, 0.05) is 53.0 Å². The number of methoxy groups -OCH3 is 1. The lowest BCUT2D eigenvalue weighted by molar-refractivity contribution is 0.0170. The standard InChI is InChI=1S/C25H37N5O2/c1-26-25(27-14-13-20-5-9-22(10-6-20)29(2)3)28-19-24(30-15-17-32-18-16-30)21-7-11-23(31-4)12-8-21/h5-12,24H,13-19H2,1-4H3,(H2,26,27,28). The van der Waals surface area contributed by atoms with Gasteiger partial charge in [-0.15, -0.1) is 0 Å². The van der Waals surface area contributed by atoms with Crippen molar-refractivity contribution in [2.24, 2.45) is 4.99 Å². The van der Waals surface area contributed by atoms with Crippen molar-refractivity contribution in [3.8, 4) is 5.75 Å². The Hall–Kier alpha value is -2.77. The third-order valence-corrected chi connectivity index (χ3v) is 5.83. The van der Waals surface area contributed by atoms with Crippen LogP contribution in [0.3, 0.4) is 0 Å². The van der Waals surface area contributed by atoms with Crippen molar-refractivity contribution in [1.29, 1.82) is 0 Å². The monoisotopic (exact) mass is 439 g/mol. The first kappa shape index (κ1) is 23.9. The molecule has 32 heavy (non-hydrogen) atoms. The van der Waals surface area contributed by atoms with Crippen molar-refractivity contribution in [2.75, 3.05) is 72.5 Å². The molecule has 1 atom stereocenters. The summed E-state index contributed by atoms with van der Waals surface area (Å²) in [6.45, 7) is 4.98. The Morgan fingerprint density at radius 2 is 1.75 bits per heavy atom. The van der Waals surface area contributed by atoms with Gasteiger partial charge in [-0.25, -0.2) is 0 Å². The molecule has 2 N–H and O–H groups in total. The highest BCUT2D eigenvalue weighted by Gasteiger charge is 2.23. The van der Waals surface area contributed by atoms with E-state index < -0.39 is 0 Å². The summed E-state index contributed by atoms with van der Waals surface area (Å²) in [5.41, 5.74) is 3.78. The minimum atomic E-state index is 0.238. The SMILES string of the molecule is CN=C(NCCc1ccc(N(C)C)cc1)NCC(c1ccc(OC)cc1)N1CCOCC1. The maximum atomic E-state index is 5.56. The van der Waals surface area contributed by atoms with Crippen LogP contribution in [0.2, 0.25) is 0 Å². The summed E-state index contributed by atoms with van der Waals surface area (Å²) in [7, 11) is 7.63. The van der Waals surface area contributed by atoms with Crippen molar-refractivity contribution in [1.82, 2.24) is 15.5 Å². The lowest BCUT2D eigenvalue weighted by Crippen LogP contribution is -2.46. The van der Waals surface area contributed by atoms with Crippen LogP contribution in [0.15, 0.2) is 53.5 Å². The normalized spacial score (nSPS) is 15.8. The number of hydrogen-bond donors (Lipinski definition) is 2. The maximum absolute atomic E-state index is 5.56. The Balaban J connectivity index is 1.55. The summed E-state index contributed by atoms with van der Waals surface area (Å²) in [5, 5.41) is 6.97. The fraction of sp³-hybridized carbons (Fsp3) is 0.480. The van der Waals surface area contributed by atoms with E-state index in [-0.39, 0.29) is 6.04 Å². The number of benzene rings is 2. The molecule has 7 nitrogen and oxygen atoms in total. The van der Waals surface area contributed by atoms with Crippen LogP contribution in [-0.4, -0.2) is 78.5 Å². The molecular formula is C25H37N5O2. The van der Waals surface area contributed by atoms with Crippen LogP contribution in [0.4, 0.5) is 5.69 Å². The van der Waals surface area contributed by atoms with E-state index in [1.54, 1.807) is 7.11 Å². The Bertz CT molecular complexity index is 830. The number of nitrogens with zero attached hydrogens (tertiary/aromatic N) is 3. The molecule has 2 aromatic carbocycles. The van der Waals surface area contributed by atoms with Gasteiger partial charge in [0.1, 0.15) is 5.75 Å². The predicted octanol–water partition coefficient (Wildman–Crippen LogP) is 2.54. The van der Waals surface area contributed by atoms with Crippen molar-refractivity contribution in [2.45, 2.75) is 12.5 Å². The zero-order valence-electron chi connectivity index (χ0n) is 19.8. The van der Waals surface area contributed by atoms with E-state index in [9.17, 15) is 0 Å². The molecule has 0 aliphatic carbocycles. The van der Waals surface area contributed by atoms with Gasteiger partial charge in [-0.2, -0.15) is 0 Å². The van der Waals surface area contributed by atoms with Crippen LogP contribution in [0, 0.1) is 0 Å². The second kappa shape index (κ2) is 12.3. The fourth-order valence-corrected chi connectivity index (χ4v) is 3.87. The smallest absolute Gasteiger partial charge is 0.191 e. The van der Waals surface area contributed by atoms with E-state index in [2.05, 4.69) is 75.9 Å². The van der Waals surface area contributed by atoms with E-state index in [0.717, 1.165) is 57.5 Å². The average Bonchev–Trinajstić information content (AvgIpc) is 2.84. The maximum Gasteiger partial charge on any atom is 0.191 e. The fourth-order valence-electron chi connectivity index (χ4n) is 3.87. The van der Waals surface area contributed by atoms with Crippen LogP contribution in [0.5, 0.6) is 5.75 Å². The second-order valence-electron chi connectivity index (χ2n) is 8.13. The number of ether oxygens (including phenoxy) is 2. The summed E-state index contributed by atoms with van der Waals surface area (Å²) in [4.78, 5) is 9.00. The van der Waals surface area contributed by atoms with Crippen molar-refractivity contribution >= 4 is 11.6 Å². The minimum absolute atomic E-state index is 0.238. The highest BCUT2D eigenvalue weighted by atomic mass is 16.5. The summed E-state index contributed by atoms with van der Waals surface area (Å²) in [6.07, 6.45) is 0.944. The molecule has 0 bridgehead atoms. The van der Waals surface area contributed by atoms with E-state index in [4.69, 9.17) is 9.47 Å². The molecule has 3 rings (SSSR count). The van der Waals surface area contributed by atoms with Crippen LogP contribution in [0.25, 0.3) is 0 Å². The summed E-state index contributed by atoms with van der Waals surface area (Å²) in [5.74, 6) is 1.69. The summed E-state index contributed by atoms with van der Waals surface area (Å²) < 4.78 is 10.9. The molecule has 1 aliphatic heterocycles. The van der Waals surface area contributed by atoms with Crippen LogP contribution in [0.1, 0.15) is 17.2 Å². The quantitative estimate of drug-likeness (QED) is 0.463. The van der Waals surface area contributed by atoms with Gasteiger partial charge < -0.3 is 25.0 Å². The lowest BCUT2D eigenvalue weighted by Gasteiger charge is -2.35. The molecule has 1 fully saturated rings. The van der Waals surface area contributed by atoms with Gasteiger partial charge >= 0.3 is 0 Å². The minimum Gasteiger partial charge on any atom is -0.497 e. The first-order chi connectivity index (χ1) is 15.6. The van der Waals surface area contributed by atoms with Crippen molar-refractivity contribution < 1.29 is 9.47 Å². The van der Waals surface area contributed by atoms with E-state index in [1.165, 1.54) is 16.8 Å². The van der Waals surface area contributed by atoms with E-state index >= 15 is 0 Å². The molecule has 0 spiro atoms. The molecule has 0 radical (unpaired) electrons. The van der Waals surface area contributed by atoms with Crippen LogP contribution in [-0.2, 0) is 11.2 Å². The van der Waals surface area contributed by atoms with Crippen LogP contribution < -0.4 is 20.3 Å². The lowest BCUT2D eigenvalue weighted by atomic mass is 10.0. The Morgan fingerprint density at radius 1 is 1.06 bits per heavy atom. The predicted molar refractivity (Wildman–Crippen MR) is 132 cm³/mol. The van der Waals surface area contributed by atoms with Gasteiger partial charge in [-0.3, -0.25) is 9.89 Å². The molecule has 2 aromatic rings. The number of morpholine rings is 1. The van der Waals surface area contributed by atoms with Gasteiger partial charge in [0.2, 0.25) is 0 Å². The number of hydrogen-bond acceptors (Lipinski definition) is 5. The van der Waals surface area contributed by atoms with Gasteiger partial charge in [0.05, 0.1) is 26.4 Å². The van der Waals surface area contributed by atoms with E-state index in [0.29, 0.717) is 0 Å². The Labute approximate surface area is 192 Å². The second-order valence-corrected chi connectivity index (χ2v) is 8.13. The van der Waals surface area contributed by atoms with Crippen LogP contribution >= 0.6 is 0 Å². The Kier molecular flexibility index (Phi) is 9.19. The summed E-state index contributed by atoms with van der Waals surface area (Å²) in [6, 6.07) is 17.3. The number of aliphatic imine (C=N–C) groups is 1. The summed E-state index contributed by atoms with van der Waals surface area (Å²) >= 11 is 0. The van der Waals surface area contributed by atoms with Crippen molar-refractivity contribution in [3.05, 3.63) is 59.7 Å². The van der Waals surface area contributed by atoms with Gasteiger partial charge in [0.25, 0.3) is 0 Å². The zero-order valence-corrected chi connectivity index (χ0v) is 19.8. The average molecular weight is 440 g/mol. The molecule has 1 unspecified atom stereocenters. The molecule has 0 saturated carbocycles. The number of nitrogens with one attached hydrogen (secondary N) is 2. The first-order valence-corrected chi connectivity index (χ1v) is 11.3. The third kappa shape index (κ3) is 6.87. The number of guanidine groups is 1. The first-order valence-electron chi connectivity index (χ1n) is 11.3. The molecule has 0 amide bonds. The molecule has 1 saturated heterocycles.